The molecule has 3 N–H and O–H groups in total. The van der Waals surface area contributed by atoms with Gasteiger partial charge in [0.2, 0.25) is 0 Å². The molecule has 170 valence electrons. The first-order valence-corrected chi connectivity index (χ1v) is 11.5. The monoisotopic (exact) mass is 527 g/mol. The fourth-order valence-corrected chi connectivity index (χ4v) is 4.29. The molecule has 0 saturated carbocycles. The van der Waals surface area contributed by atoms with Gasteiger partial charge in [-0.25, -0.2) is 0 Å². The maximum atomic E-state index is 12.8. The molecule has 0 atom stereocenters. The van der Waals surface area contributed by atoms with E-state index >= 15 is 0 Å². The molecule has 4 aromatic carbocycles. The van der Waals surface area contributed by atoms with E-state index in [2.05, 4.69) is 16.0 Å². The summed E-state index contributed by atoms with van der Waals surface area (Å²) in [6, 6.07) is 22.2. The molecule has 0 bridgehead atoms. The number of amides is 2. The molecule has 9 heteroatoms. The van der Waals surface area contributed by atoms with Gasteiger partial charge < -0.3 is 10.6 Å². The van der Waals surface area contributed by atoms with Crippen molar-refractivity contribution in [3.8, 4) is 0 Å². The van der Waals surface area contributed by atoms with Crippen LogP contribution in [0.5, 0.6) is 0 Å². The molecule has 0 aromatic heterocycles. The zero-order valence-corrected chi connectivity index (χ0v) is 20.4. The number of carbonyl (C=O) groups is 2. The average molecular weight is 529 g/mol. The van der Waals surface area contributed by atoms with E-state index in [1.54, 1.807) is 60.7 Å². The highest BCUT2D eigenvalue weighted by atomic mass is 35.5. The molecule has 0 heterocycles. The van der Waals surface area contributed by atoms with Crippen LogP contribution in [0.2, 0.25) is 15.1 Å². The highest BCUT2D eigenvalue weighted by Gasteiger charge is 2.14. The molecule has 0 aliphatic heterocycles. The zero-order valence-electron chi connectivity index (χ0n) is 17.4. The lowest BCUT2D eigenvalue weighted by atomic mass is 10.0. The Kier molecular flexibility index (Phi) is 7.34. The van der Waals surface area contributed by atoms with Gasteiger partial charge in [-0.1, -0.05) is 65.1 Å². The van der Waals surface area contributed by atoms with Crippen molar-refractivity contribution in [1.29, 1.82) is 0 Å². The molecule has 4 aromatic rings. The van der Waals surface area contributed by atoms with E-state index in [-0.39, 0.29) is 21.9 Å². The predicted molar refractivity (Wildman–Crippen MR) is 144 cm³/mol. The Hall–Kier alpha value is -3.16. The van der Waals surface area contributed by atoms with Gasteiger partial charge in [0.1, 0.15) is 0 Å². The molecule has 5 nitrogen and oxygen atoms in total. The maximum Gasteiger partial charge on any atom is 0.258 e. The van der Waals surface area contributed by atoms with Gasteiger partial charge in [0.15, 0.2) is 5.11 Å². The number of rotatable bonds is 4. The van der Waals surface area contributed by atoms with Crippen LogP contribution in [0.25, 0.3) is 10.8 Å². The molecule has 0 radical (unpaired) electrons. The second-order valence-corrected chi connectivity index (χ2v) is 8.87. The summed E-state index contributed by atoms with van der Waals surface area (Å²) < 4.78 is 0. The summed E-state index contributed by atoms with van der Waals surface area (Å²) in [5.41, 5.74) is 1.83. The van der Waals surface area contributed by atoms with E-state index < -0.39 is 0 Å². The van der Waals surface area contributed by atoms with Gasteiger partial charge in [-0.2, -0.15) is 0 Å². The van der Waals surface area contributed by atoms with Gasteiger partial charge in [0.05, 0.1) is 10.6 Å². The Morgan fingerprint density at radius 3 is 2.09 bits per heavy atom. The Balaban J connectivity index is 1.44. The third kappa shape index (κ3) is 5.48. The highest BCUT2D eigenvalue weighted by molar-refractivity contribution is 7.80. The second kappa shape index (κ2) is 10.4. The van der Waals surface area contributed by atoms with Crippen molar-refractivity contribution in [3.05, 3.63) is 105 Å². The number of thiocarbonyl (C=S) groups is 1. The topological polar surface area (TPSA) is 70.2 Å². The van der Waals surface area contributed by atoms with Gasteiger partial charge in [0, 0.05) is 32.4 Å². The number of hydrogen-bond acceptors (Lipinski definition) is 3. The second-order valence-electron chi connectivity index (χ2n) is 7.21. The molecule has 2 amide bonds. The first-order chi connectivity index (χ1) is 16.3. The fourth-order valence-electron chi connectivity index (χ4n) is 3.35. The molecule has 34 heavy (non-hydrogen) atoms. The van der Waals surface area contributed by atoms with E-state index in [0.717, 1.165) is 10.8 Å². The van der Waals surface area contributed by atoms with Crippen LogP contribution in [0, 0.1) is 0 Å². The van der Waals surface area contributed by atoms with Gasteiger partial charge in [-0.15, -0.1) is 0 Å². The maximum absolute atomic E-state index is 12.8. The van der Waals surface area contributed by atoms with Crippen LogP contribution in [0.4, 0.5) is 11.4 Å². The van der Waals surface area contributed by atoms with Gasteiger partial charge in [-0.3, -0.25) is 14.9 Å². The molecule has 0 spiro atoms. The molecule has 0 fully saturated rings. The van der Waals surface area contributed by atoms with E-state index in [0.29, 0.717) is 32.5 Å². The zero-order chi connectivity index (χ0) is 24.2. The fraction of sp³-hybridized carbons (Fsp3) is 0. The third-order valence-electron chi connectivity index (χ3n) is 4.89. The van der Waals surface area contributed by atoms with E-state index in [1.807, 2.05) is 12.1 Å². The number of nitrogens with one attached hydrogen (secondary N) is 3. The van der Waals surface area contributed by atoms with Crippen molar-refractivity contribution in [1.82, 2.24) is 5.32 Å². The Morgan fingerprint density at radius 2 is 1.32 bits per heavy atom. The number of halogens is 3. The molecular weight excluding hydrogens is 513 g/mol. The van der Waals surface area contributed by atoms with Gasteiger partial charge >= 0.3 is 0 Å². The summed E-state index contributed by atoms with van der Waals surface area (Å²) in [6.07, 6.45) is 0. The Labute approximate surface area is 216 Å². The predicted octanol–water partition coefficient (Wildman–Crippen LogP) is 7.18. The van der Waals surface area contributed by atoms with Crippen LogP contribution in [-0.2, 0) is 0 Å². The first kappa shape index (κ1) is 24.0. The quantitative estimate of drug-likeness (QED) is 0.245. The Bertz CT molecular complexity index is 1440. The number of carbonyl (C=O) groups excluding carboxylic acids is 2. The van der Waals surface area contributed by atoms with Crippen molar-refractivity contribution in [2.45, 2.75) is 0 Å². The van der Waals surface area contributed by atoms with Crippen LogP contribution < -0.4 is 16.0 Å². The SMILES string of the molecule is O=C(Nc1cccc(NC(=S)NC(=O)c2cccc3c(Cl)cccc23)c1)c1ccc(Cl)cc1Cl. The lowest BCUT2D eigenvalue weighted by molar-refractivity contribution is 0.0978. The minimum Gasteiger partial charge on any atom is -0.332 e. The number of hydrogen-bond donors (Lipinski definition) is 3. The van der Waals surface area contributed by atoms with Gasteiger partial charge in [-0.05, 0) is 66.1 Å². The van der Waals surface area contributed by atoms with Crippen molar-refractivity contribution in [3.63, 3.8) is 0 Å². The van der Waals surface area contributed by atoms with Crippen molar-refractivity contribution in [2.75, 3.05) is 10.6 Å². The molecule has 4 rings (SSSR count). The lowest BCUT2D eigenvalue weighted by Gasteiger charge is -2.13. The summed E-state index contributed by atoms with van der Waals surface area (Å²) >= 11 is 23.6. The average Bonchev–Trinajstić information content (AvgIpc) is 2.79. The highest BCUT2D eigenvalue weighted by Crippen LogP contribution is 2.26. The van der Waals surface area contributed by atoms with Crippen molar-refractivity contribution in [2.24, 2.45) is 0 Å². The number of fused-ring (bicyclic) bond motifs is 1. The summed E-state index contributed by atoms with van der Waals surface area (Å²) in [5, 5.41) is 11.3. The minimum atomic E-state index is -0.385. The smallest absolute Gasteiger partial charge is 0.258 e. The summed E-state index contributed by atoms with van der Waals surface area (Å²) in [6.45, 7) is 0. The summed E-state index contributed by atoms with van der Waals surface area (Å²) in [4.78, 5) is 25.4. The lowest BCUT2D eigenvalue weighted by Crippen LogP contribution is -2.34. The van der Waals surface area contributed by atoms with E-state index in [9.17, 15) is 9.59 Å². The summed E-state index contributed by atoms with van der Waals surface area (Å²) in [5.74, 6) is -0.753. The van der Waals surface area contributed by atoms with Crippen molar-refractivity contribution >= 4 is 86.1 Å². The minimum absolute atomic E-state index is 0.105. The standard InChI is InChI=1S/C25H16Cl3N3O2S/c26-14-10-11-20(22(28)12-14)24(33)29-15-4-1-5-16(13-15)30-25(34)31-23(32)19-8-2-7-18-17(19)6-3-9-21(18)27/h1-13H,(H,29,33)(H2,30,31,32,34). The molecule has 0 aliphatic carbocycles. The van der Waals surface area contributed by atoms with Crippen LogP contribution in [0.3, 0.4) is 0 Å². The van der Waals surface area contributed by atoms with Crippen LogP contribution in [0.1, 0.15) is 20.7 Å². The number of anilines is 2. The third-order valence-corrected chi connectivity index (χ3v) is 5.98. The normalized spacial score (nSPS) is 10.6. The Morgan fingerprint density at radius 1 is 0.647 bits per heavy atom. The molecular formula is C25H16Cl3N3O2S. The molecule has 0 saturated heterocycles. The van der Waals surface area contributed by atoms with E-state index in [1.165, 1.54) is 6.07 Å². The largest absolute Gasteiger partial charge is 0.332 e. The molecule has 0 unspecified atom stereocenters. The summed E-state index contributed by atoms with van der Waals surface area (Å²) in [7, 11) is 0. The van der Waals surface area contributed by atoms with Gasteiger partial charge in [0.25, 0.3) is 11.8 Å². The van der Waals surface area contributed by atoms with Crippen LogP contribution >= 0.6 is 47.0 Å². The first-order valence-electron chi connectivity index (χ1n) is 9.98. The van der Waals surface area contributed by atoms with Crippen LogP contribution in [0.15, 0.2) is 78.9 Å². The van der Waals surface area contributed by atoms with E-state index in [4.69, 9.17) is 47.0 Å². The number of benzene rings is 4. The molecule has 0 aliphatic rings. The van der Waals surface area contributed by atoms with Crippen molar-refractivity contribution < 1.29 is 9.59 Å². The van der Waals surface area contributed by atoms with Crippen LogP contribution in [-0.4, -0.2) is 16.9 Å².